The molecule has 3 N–H and O–H groups in total. The molecule has 0 aliphatic heterocycles. The van der Waals surface area contributed by atoms with Crippen LogP contribution in [0.4, 0.5) is 29.0 Å². The summed E-state index contributed by atoms with van der Waals surface area (Å²) in [6.45, 7) is 8.19. The number of aromatic nitrogens is 6. The molecule has 9 heteroatoms. The van der Waals surface area contributed by atoms with Crippen molar-refractivity contribution in [3.05, 3.63) is 110 Å². The normalized spacial score (nSPS) is 10.6. The van der Waals surface area contributed by atoms with Crippen molar-refractivity contribution < 1.29 is 0 Å². The molecule has 0 aliphatic carbocycles. The Morgan fingerprint density at radius 1 is 0.886 bits per heavy atom. The zero-order valence-corrected chi connectivity index (χ0v) is 18.9. The van der Waals surface area contributed by atoms with Gasteiger partial charge in [-0.1, -0.05) is 25.3 Å². The standard InChI is InChI=1S/C26H23N9/c1-3-18(2)31-20-8-6-9-21(14-20)32-25-28-17-29-26(34-25)33-22-10-11-24-19(13-22)15-30-35(24)16-23-7-4-5-12-27-23/h3-15,17,31H,1-2,16H2,(H2,28,29,32,33,34). The Labute approximate surface area is 202 Å². The summed E-state index contributed by atoms with van der Waals surface area (Å²) in [6, 6.07) is 19.6. The summed E-state index contributed by atoms with van der Waals surface area (Å²) >= 11 is 0. The third kappa shape index (κ3) is 5.31. The average Bonchev–Trinajstić information content (AvgIpc) is 3.27. The fraction of sp³-hybridized carbons (Fsp3) is 0.0385. The number of hydrogen-bond acceptors (Lipinski definition) is 8. The van der Waals surface area contributed by atoms with Gasteiger partial charge in [0.25, 0.3) is 0 Å². The molecule has 0 saturated heterocycles. The van der Waals surface area contributed by atoms with E-state index in [1.165, 1.54) is 6.33 Å². The van der Waals surface area contributed by atoms with Gasteiger partial charge in [-0.15, -0.1) is 0 Å². The van der Waals surface area contributed by atoms with Crippen LogP contribution in [-0.4, -0.2) is 29.7 Å². The van der Waals surface area contributed by atoms with E-state index in [1.54, 1.807) is 12.3 Å². The minimum absolute atomic E-state index is 0.423. The van der Waals surface area contributed by atoms with Crippen molar-refractivity contribution in [3.8, 4) is 0 Å². The van der Waals surface area contributed by atoms with Gasteiger partial charge >= 0.3 is 0 Å². The summed E-state index contributed by atoms with van der Waals surface area (Å²) in [4.78, 5) is 17.3. The molecule has 0 spiro atoms. The second-order valence-corrected chi connectivity index (χ2v) is 7.71. The highest BCUT2D eigenvalue weighted by Gasteiger charge is 2.07. The maximum absolute atomic E-state index is 4.51. The number of anilines is 5. The molecule has 3 heterocycles. The molecule has 0 amide bonds. The maximum Gasteiger partial charge on any atom is 0.232 e. The van der Waals surface area contributed by atoms with E-state index in [2.05, 4.69) is 54.1 Å². The van der Waals surface area contributed by atoms with Crippen LogP contribution in [0.25, 0.3) is 10.9 Å². The molecule has 0 radical (unpaired) electrons. The van der Waals surface area contributed by atoms with E-state index in [0.29, 0.717) is 24.1 Å². The van der Waals surface area contributed by atoms with Crippen LogP contribution >= 0.6 is 0 Å². The van der Waals surface area contributed by atoms with Crippen molar-refractivity contribution in [2.45, 2.75) is 6.54 Å². The van der Waals surface area contributed by atoms with Crippen molar-refractivity contribution in [3.63, 3.8) is 0 Å². The van der Waals surface area contributed by atoms with Gasteiger partial charge in [0, 0.05) is 34.3 Å². The molecule has 9 nitrogen and oxygen atoms in total. The number of rotatable bonds is 9. The van der Waals surface area contributed by atoms with E-state index in [9.17, 15) is 0 Å². The van der Waals surface area contributed by atoms with Gasteiger partial charge < -0.3 is 16.0 Å². The first-order valence-corrected chi connectivity index (χ1v) is 10.9. The number of nitrogens with one attached hydrogen (secondary N) is 3. The summed E-state index contributed by atoms with van der Waals surface area (Å²) in [5, 5.41) is 15.1. The summed E-state index contributed by atoms with van der Waals surface area (Å²) in [6.07, 6.45) is 6.75. The largest absolute Gasteiger partial charge is 0.356 e. The number of allylic oxidation sites excluding steroid dienone is 1. The molecule has 0 fully saturated rings. The number of hydrogen-bond donors (Lipinski definition) is 3. The molecule has 2 aromatic carbocycles. The number of nitrogens with zero attached hydrogens (tertiary/aromatic N) is 6. The van der Waals surface area contributed by atoms with Crippen LogP contribution in [0.15, 0.2) is 104 Å². The lowest BCUT2D eigenvalue weighted by molar-refractivity contribution is 0.696. The second-order valence-electron chi connectivity index (χ2n) is 7.71. The Bertz CT molecular complexity index is 1490. The highest BCUT2D eigenvalue weighted by molar-refractivity contribution is 5.83. The van der Waals surface area contributed by atoms with Crippen molar-refractivity contribution >= 4 is 39.9 Å². The van der Waals surface area contributed by atoms with Crippen LogP contribution in [0.3, 0.4) is 0 Å². The fourth-order valence-electron chi connectivity index (χ4n) is 3.52. The second kappa shape index (κ2) is 9.84. The Morgan fingerprint density at radius 3 is 2.46 bits per heavy atom. The van der Waals surface area contributed by atoms with E-state index in [-0.39, 0.29) is 0 Å². The molecule has 0 aliphatic rings. The molecule has 0 bridgehead atoms. The zero-order chi connectivity index (χ0) is 24.0. The van der Waals surface area contributed by atoms with E-state index >= 15 is 0 Å². The van der Waals surface area contributed by atoms with E-state index in [1.807, 2.05) is 71.5 Å². The quantitative estimate of drug-likeness (QED) is 0.255. The zero-order valence-electron chi connectivity index (χ0n) is 18.9. The monoisotopic (exact) mass is 461 g/mol. The van der Waals surface area contributed by atoms with Crippen LogP contribution in [-0.2, 0) is 6.54 Å². The van der Waals surface area contributed by atoms with E-state index in [4.69, 9.17) is 0 Å². The summed E-state index contributed by atoms with van der Waals surface area (Å²) in [5.41, 5.74) is 5.24. The van der Waals surface area contributed by atoms with Crippen LogP contribution < -0.4 is 16.0 Å². The van der Waals surface area contributed by atoms with Gasteiger partial charge in [0.2, 0.25) is 11.9 Å². The molecular formula is C26H23N9. The average molecular weight is 462 g/mol. The van der Waals surface area contributed by atoms with Crippen LogP contribution in [0.2, 0.25) is 0 Å². The lowest BCUT2D eigenvalue weighted by Crippen LogP contribution is -2.04. The first-order chi connectivity index (χ1) is 17.2. The first-order valence-electron chi connectivity index (χ1n) is 10.9. The van der Waals surface area contributed by atoms with Gasteiger partial charge in [0.15, 0.2) is 0 Å². The fourth-order valence-corrected chi connectivity index (χ4v) is 3.52. The number of pyridine rings is 1. The molecular weight excluding hydrogens is 438 g/mol. The summed E-state index contributed by atoms with van der Waals surface area (Å²) in [7, 11) is 0. The summed E-state index contributed by atoms with van der Waals surface area (Å²) < 4.78 is 1.93. The third-order valence-corrected chi connectivity index (χ3v) is 5.18. The van der Waals surface area contributed by atoms with Gasteiger partial charge in [-0.25, -0.2) is 9.97 Å². The maximum atomic E-state index is 4.51. The van der Waals surface area contributed by atoms with Crippen LogP contribution in [0.1, 0.15) is 5.69 Å². The van der Waals surface area contributed by atoms with Crippen LogP contribution in [0.5, 0.6) is 0 Å². The van der Waals surface area contributed by atoms with Crippen molar-refractivity contribution in [1.82, 2.24) is 29.7 Å². The molecule has 5 rings (SSSR count). The molecule has 0 unspecified atom stereocenters. The predicted molar refractivity (Wildman–Crippen MR) is 139 cm³/mol. The molecule has 172 valence electrons. The lowest BCUT2D eigenvalue weighted by atomic mass is 10.2. The van der Waals surface area contributed by atoms with Gasteiger partial charge in [0.05, 0.1) is 24.0 Å². The van der Waals surface area contributed by atoms with Gasteiger partial charge in [0.1, 0.15) is 6.33 Å². The first kappa shape index (κ1) is 21.8. The van der Waals surface area contributed by atoms with E-state index in [0.717, 1.165) is 33.7 Å². The smallest absolute Gasteiger partial charge is 0.232 e. The minimum atomic E-state index is 0.423. The van der Waals surface area contributed by atoms with Crippen LogP contribution in [0, 0.1) is 0 Å². The molecule has 3 aromatic heterocycles. The molecule has 5 aromatic rings. The minimum Gasteiger partial charge on any atom is -0.356 e. The van der Waals surface area contributed by atoms with Crippen molar-refractivity contribution in [1.29, 1.82) is 0 Å². The number of benzene rings is 2. The Balaban J connectivity index is 1.29. The van der Waals surface area contributed by atoms with Gasteiger partial charge in [-0.2, -0.15) is 10.1 Å². The molecule has 0 atom stereocenters. The Hall–Kier alpha value is -5.05. The third-order valence-electron chi connectivity index (χ3n) is 5.18. The lowest BCUT2D eigenvalue weighted by Gasteiger charge is -2.10. The van der Waals surface area contributed by atoms with E-state index < -0.39 is 0 Å². The molecule has 0 saturated carbocycles. The SMILES string of the molecule is C=CC(=C)Nc1cccc(Nc2ncnc(Nc3ccc4c(cnn4Cc4ccccn4)c3)n2)c1. The van der Waals surface area contributed by atoms with Crippen molar-refractivity contribution in [2.75, 3.05) is 16.0 Å². The highest BCUT2D eigenvalue weighted by atomic mass is 15.3. The Morgan fingerprint density at radius 2 is 1.69 bits per heavy atom. The van der Waals surface area contributed by atoms with Crippen molar-refractivity contribution in [2.24, 2.45) is 0 Å². The Kier molecular flexibility index (Phi) is 6.12. The topological polar surface area (TPSA) is 105 Å². The van der Waals surface area contributed by atoms with Gasteiger partial charge in [-0.05, 0) is 54.6 Å². The van der Waals surface area contributed by atoms with Gasteiger partial charge in [-0.3, -0.25) is 9.67 Å². The molecule has 35 heavy (non-hydrogen) atoms. The summed E-state index contributed by atoms with van der Waals surface area (Å²) in [5.74, 6) is 0.850. The number of fused-ring (bicyclic) bond motifs is 1. The highest BCUT2D eigenvalue weighted by Crippen LogP contribution is 2.23. The predicted octanol–water partition coefficient (Wildman–Crippen LogP) is 5.26.